The van der Waals surface area contributed by atoms with Gasteiger partial charge in [0.2, 0.25) is 0 Å². The Balaban J connectivity index is 1.69. The molecule has 5 nitrogen and oxygen atoms in total. The first-order valence-electron chi connectivity index (χ1n) is 7.83. The Hall–Kier alpha value is -1.26. The number of carboxylic acids is 1. The maximum Gasteiger partial charge on any atom is 0.317 e. The van der Waals surface area contributed by atoms with Gasteiger partial charge in [0.05, 0.1) is 5.41 Å². The largest absolute Gasteiger partial charge is 0.481 e. The lowest BCUT2D eigenvalue weighted by Gasteiger charge is -2.38. The molecular weight excluding hydrogens is 256 g/mol. The van der Waals surface area contributed by atoms with Gasteiger partial charge in [-0.25, -0.2) is 4.79 Å². The molecule has 0 atom stereocenters. The van der Waals surface area contributed by atoms with Crippen LogP contribution < -0.4 is 5.32 Å². The van der Waals surface area contributed by atoms with Crippen LogP contribution in [0.15, 0.2) is 0 Å². The lowest BCUT2D eigenvalue weighted by Crippen LogP contribution is -2.49. The summed E-state index contributed by atoms with van der Waals surface area (Å²) in [4.78, 5) is 25.1. The van der Waals surface area contributed by atoms with E-state index in [4.69, 9.17) is 0 Å². The molecule has 2 fully saturated rings. The quantitative estimate of drug-likeness (QED) is 0.735. The summed E-state index contributed by atoms with van der Waals surface area (Å²) in [6, 6.07) is -0.0316. The van der Waals surface area contributed by atoms with Gasteiger partial charge >= 0.3 is 12.0 Å². The molecule has 1 saturated heterocycles. The minimum absolute atomic E-state index is 0.0316. The summed E-state index contributed by atoms with van der Waals surface area (Å²) in [6.07, 6.45) is 6.75. The molecule has 114 valence electrons. The van der Waals surface area contributed by atoms with Crippen molar-refractivity contribution in [1.29, 1.82) is 0 Å². The van der Waals surface area contributed by atoms with Gasteiger partial charge in [-0.3, -0.25) is 4.79 Å². The number of hydrogen-bond acceptors (Lipinski definition) is 2. The fourth-order valence-corrected chi connectivity index (χ4v) is 2.96. The molecule has 2 rings (SSSR count). The highest BCUT2D eigenvalue weighted by Crippen LogP contribution is 2.35. The summed E-state index contributed by atoms with van der Waals surface area (Å²) in [5.74, 6) is 0.187. The second-order valence-corrected chi connectivity index (χ2v) is 6.24. The monoisotopic (exact) mass is 282 g/mol. The highest BCUT2D eigenvalue weighted by Gasteiger charge is 2.40. The van der Waals surface area contributed by atoms with Crippen LogP contribution in [0.5, 0.6) is 0 Å². The van der Waals surface area contributed by atoms with Crippen molar-refractivity contribution in [2.75, 3.05) is 19.6 Å². The Kier molecular flexibility index (Phi) is 4.89. The fraction of sp³-hybridized carbons (Fsp3) is 0.867. The Morgan fingerprint density at radius 1 is 1.30 bits per heavy atom. The summed E-state index contributed by atoms with van der Waals surface area (Å²) in [5, 5.41) is 12.3. The number of carbonyl (C=O) groups excluding carboxylic acids is 1. The second kappa shape index (κ2) is 6.46. The number of urea groups is 1. The molecule has 0 spiro atoms. The minimum Gasteiger partial charge on any atom is -0.481 e. The van der Waals surface area contributed by atoms with Crippen LogP contribution in [0.1, 0.15) is 51.9 Å². The highest BCUT2D eigenvalue weighted by atomic mass is 16.4. The van der Waals surface area contributed by atoms with E-state index >= 15 is 0 Å². The zero-order valence-electron chi connectivity index (χ0n) is 12.4. The van der Waals surface area contributed by atoms with E-state index in [9.17, 15) is 14.7 Å². The normalized spacial score (nSPS) is 21.6. The average molecular weight is 282 g/mol. The van der Waals surface area contributed by atoms with Crippen molar-refractivity contribution in [1.82, 2.24) is 10.2 Å². The molecule has 0 aromatic heterocycles. The number of nitrogens with one attached hydrogen (secondary N) is 1. The predicted octanol–water partition coefficient (Wildman–Crippen LogP) is 2.46. The second-order valence-electron chi connectivity index (χ2n) is 6.24. The van der Waals surface area contributed by atoms with Crippen molar-refractivity contribution in [3.63, 3.8) is 0 Å². The van der Waals surface area contributed by atoms with Gasteiger partial charge in [-0.2, -0.15) is 0 Å². The molecule has 0 aromatic carbocycles. The first-order chi connectivity index (χ1) is 9.57. The lowest BCUT2D eigenvalue weighted by molar-refractivity contribution is -0.151. The van der Waals surface area contributed by atoms with Crippen molar-refractivity contribution in [3.05, 3.63) is 0 Å². The third kappa shape index (κ3) is 3.64. The van der Waals surface area contributed by atoms with E-state index in [-0.39, 0.29) is 6.03 Å². The van der Waals surface area contributed by atoms with Gasteiger partial charge in [0.15, 0.2) is 0 Å². The van der Waals surface area contributed by atoms with E-state index < -0.39 is 11.4 Å². The topological polar surface area (TPSA) is 69.6 Å². The molecule has 1 aliphatic carbocycles. The van der Waals surface area contributed by atoms with Crippen LogP contribution in [0.3, 0.4) is 0 Å². The number of hydrogen-bond donors (Lipinski definition) is 2. The van der Waals surface area contributed by atoms with E-state index in [2.05, 4.69) is 5.32 Å². The maximum absolute atomic E-state index is 12.0. The summed E-state index contributed by atoms with van der Waals surface area (Å²) in [7, 11) is 0. The van der Waals surface area contributed by atoms with E-state index in [1.807, 2.05) is 6.92 Å². The van der Waals surface area contributed by atoms with E-state index in [1.54, 1.807) is 4.90 Å². The summed E-state index contributed by atoms with van der Waals surface area (Å²) >= 11 is 0. The van der Waals surface area contributed by atoms with Gasteiger partial charge in [-0.15, -0.1) is 0 Å². The molecule has 2 amide bonds. The molecule has 2 N–H and O–H groups in total. The smallest absolute Gasteiger partial charge is 0.317 e. The molecule has 0 radical (unpaired) electrons. The number of piperidine rings is 1. The first-order valence-corrected chi connectivity index (χ1v) is 7.83. The van der Waals surface area contributed by atoms with Crippen LogP contribution in [-0.4, -0.2) is 41.6 Å². The number of carbonyl (C=O) groups is 2. The Labute approximate surface area is 120 Å². The van der Waals surface area contributed by atoms with Crippen LogP contribution in [-0.2, 0) is 4.79 Å². The number of aliphatic carboxylic acids is 1. The zero-order valence-corrected chi connectivity index (χ0v) is 12.4. The van der Waals surface area contributed by atoms with Gasteiger partial charge < -0.3 is 15.3 Å². The minimum atomic E-state index is -0.718. The van der Waals surface area contributed by atoms with Crippen molar-refractivity contribution < 1.29 is 14.7 Å². The van der Waals surface area contributed by atoms with Crippen molar-refractivity contribution in [2.45, 2.75) is 51.9 Å². The van der Waals surface area contributed by atoms with E-state index in [0.717, 1.165) is 18.9 Å². The average Bonchev–Trinajstić information content (AvgIpc) is 3.27. The summed E-state index contributed by atoms with van der Waals surface area (Å²) < 4.78 is 0. The van der Waals surface area contributed by atoms with E-state index in [0.29, 0.717) is 32.4 Å². The Morgan fingerprint density at radius 3 is 2.45 bits per heavy atom. The van der Waals surface area contributed by atoms with Crippen molar-refractivity contribution in [3.8, 4) is 0 Å². The third-order valence-corrected chi connectivity index (χ3v) is 4.90. The van der Waals surface area contributed by atoms with Gasteiger partial charge in [0.25, 0.3) is 0 Å². The number of amides is 2. The van der Waals surface area contributed by atoms with Crippen LogP contribution in [0.4, 0.5) is 4.79 Å². The van der Waals surface area contributed by atoms with Crippen LogP contribution in [0.2, 0.25) is 0 Å². The van der Waals surface area contributed by atoms with Gasteiger partial charge in [0, 0.05) is 19.6 Å². The van der Waals surface area contributed by atoms with Gasteiger partial charge in [0.1, 0.15) is 0 Å². The standard InChI is InChI=1S/C15H26N2O3/c1-2-15(13(18)19)7-10-17(11-8-15)14(20)16-9-3-4-12-5-6-12/h12H,2-11H2,1H3,(H,16,20)(H,18,19). The predicted molar refractivity (Wildman–Crippen MR) is 76.5 cm³/mol. The van der Waals surface area contributed by atoms with Crippen LogP contribution in [0, 0.1) is 11.3 Å². The molecule has 5 heteroatoms. The maximum atomic E-state index is 12.0. The molecule has 1 heterocycles. The highest BCUT2D eigenvalue weighted by molar-refractivity contribution is 5.77. The molecule has 0 unspecified atom stereocenters. The number of nitrogens with zero attached hydrogens (tertiary/aromatic N) is 1. The zero-order chi connectivity index (χ0) is 14.6. The third-order valence-electron chi connectivity index (χ3n) is 4.90. The summed E-state index contributed by atoms with van der Waals surface area (Å²) in [5.41, 5.74) is -0.622. The fourth-order valence-electron chi connectivity index (χ4n) is 2.96. The van der Waals surface area contributed by atoms with Crippen LogP contribution in [0.25, 0.3) is 0 Å². The molecule has 0 aromatic rings. The Bertz CT molecular complexity index is 358. The summed E-state index contributed by atoms with van der Waals surface area (Å²) in [6.45, 7) is 3.76. The molecule has 1 aliphatic heterocycles. The van der Waals surface area contributed by atoms with Crippen molar-refractivity contribution in [2.24, 2.45) is 11.3 Å². The number of rotatable bonds is 6. The Morgan fingerprint density at radius 2 is 1.95 bits per heavy atom. The van der Waals surface area contributed by atoms with E-state index in [1.165, 1.54) is 19.3 Å². The molecule has 1 saturated carbocycles. The van der Waals surface area contributed by atoms with Crippen molar-refractivity contribution >= 4 is 12.0 Å². The SMILES string of the molecule is CCC1(C(=O)O)CCN(C(=O)NCCCC2CC2)CC1. The van der Waals surface area contributed by atoms with Gasteiger partial charge in [-0.05, 0) is 38.0 Å². The molecule has 20 heavy (non-hydrogen) atoms. The lowest BCUT2D eigenvalue weighted by atomic mass is 9.76. The number of likely N-dealkylation sites (tertiary alicyclic amines) is 1. The van der Waals surface area contributed by atoms with Gasteiger partial charge in [-0.1, -0.05) is 19.8 Å². The molecule has 0 bridgehead atoms. The number of carboxylic acid groups (broad SMARTS) is 1. The molecule has 2 aliphatic rings. The first kappa shape index (κ1) is 15.1. The molecular formula is C15H26N2O3. The van der Waals surface area contributed by atoms with Crippen LogP contribution >= 0.6 is 0 Å².